The number of carbonyl (C=O) groups is 1. The summed E-state index contributed by atoms with van der Waals surface area (Å²) in [6.45, 7) is 4.80. The molecule has 2 amide bonds. The fraction of sp³-hybridized carbons (Fsp3) is 0.214. The van der Waals surface area contributed by atoms with Crippen LogP contribution >= 0.6 is 0 Å². The number of fused-ring (bicyclic) bond motifs is 1. The number of hydrogen-bond donors (Lipinski definition) is 3. The van der Waals surface area contributed by atoms with E-state index in [9.17, 15) is 9.90 Å². The lowest BCUT2D eigenvalue weighted by atomic mass is 10.0. The molecule has 4 aromatic rings. The maximum absolute atomic E-state index is 12.0. The van der Waals surface area contributed by atoms with Crippen molar-refractivity contribution in [2.75, 3.05) is 32.2 Å². The van der Waals surface area contributed by atoms with Crippen molar-refractivity contribution in [3.63, 3.8) is 0 Å². The molecule has 8 heteroatoms. The van der Waals surface area contributed by atoms with Gasteiger partial charge in [-0.25, -0.2) is 9.79 Å². The Bertz CT molecular complexity index is 1380. The topological polar surface area (TPSA) is 99.2 Å². The van der Waals surface area contributed by atoms with Crippen LogP contribution in [-0.4, -0.2) is 49.1 Å². The minimum absolute atomic E-state index is 0.000305. The van der Waals surface area contributed by atoms with Crippen LogP contribution < -0.4 is 19.7 Å². The lowest BCUT2D eigenvalue weighted by molar-refractivity contribution is 0.249. The van der Waals surface area contributed by atoms with Gasteiger partial charge in [-0.2, -0.15) is 0 Å². The molecule has 0 aliphatic carbocycles. The van der Waals surface area contributed by atoms with Gasteiger partial charge in [0.1, 0.15) is 0 Å². The van der Waals surface area contributed by atoms with Crippen LogP contribution in [-0.2, 0) is 0 Å². The summed E-state index contributed by atoms with van der Waals surface area (Å²) in [6.07, 6.45) is 0. The van der Waals surface area contributed by atoms with E-state index in [0.717, 1.165) is 16.6 Å². The maximum Gasteiger partial charge on any atom is 0.321 e. The van der Waals surface area contributed by atoms with E-state index >= 15 is 0 Å². The van der Waals surface area contributed by atoms with Gasteiger partial charge < -0.3 is 24.9 Å². The molecule has 3 N–H and O–H groups in total. The molecule has 0 bridgehead atoms. The highest BCUT2D eigenvalue weighted by Crippen LogP contribution is 2.38. The Hall–Kier alpha value is -4.46. The third-order valence-corrected chi connectivity index (χ3v) is 5.72. The van der Waals surface area contributed by atoms with E-state index in [-0.39, 0.29) is 11.9 Å². The summed E-state index contributed by atoms with van der Waals surface area (Å²) >= 11 is 0. The number of ether oxygens (including phenoxy) is 2. The molecular weight excluding hydrogens is 456 g/mol. The number of H-pyrrole nitrogens is 1. The highest BCUT2D eigenvalue weighted by atomic mass is 16.5. The van der Waals surface area contributed by atoms with Gasteiger partial charge in [0.15, 0.2) is 17.4 Å². The Kier molecular flexibility index (Phi) is 7.44. The van der Waals surface area contributed by atoms with Gasteiger partial charge in [0.05, 0.1) is 35.7 Å². The molecule has 186 valence electrons. The van der Waals surface area contributed by atoms with Crippen molar-refractivity contribution >= 4 is 34.0 Å². The summed E-state index contributed by atoms with van der Waals surface area (Å²) < 4.78 is 11.6. The molecule has 1 aromatic heterocycles. The normalized spacial score (nSPS) is 11.4. The van der Waals surface area contributed by atoms with E-state index in [2.05, 4.69) is 10.3 Å². The van der Waals surface area contributed by atoms with Gasteiger partial charge in [0.2, 0.25) is 0 Å². The van der Waals surface area contributed by atoms with Gasteiger partial charge in [-0.1, -0.05) is 30.3 Å². The summed E-state index contributed by atoms with van der Waals surface area (Å²) in [7, 11) is 3.29. The van der Waals surface area contributed by atoms with Crippen LogP contribution in [0.4, 0.5) is 16.2 Å². The van der Waals surface area contributed by atoms with E-state index in [0.29, 0.717) is 47.2 Å². The van der Waals surface area contributed by atoms with Crippen molar-refractivity contribution in [2.45, 2.75) is 13.8 Å². The number of nitrogens with one attached hydrogen (secondary N) is 2. The molecular formula is C28H30N4O4. The Morgan fingerprint density at radius 2 is 1.64 bits per heavy atom. The maximum atomic E-state index is 12.0. The minimum Gasteiger partial charge on any atom is -0.494 e. The second kappa shape index (κ2) is 10.9. The van der Waals surface area contributed by atoms with E-state index in [1.165, 1.54) is 4.90 Å². The number of aromatic amines is 1. The Labute approximate surface area is 210 Å². The summed E-state index contributed by atoms with van der Waals surface area (Å²) in [6, 6.07) is 20.5. The molecule has 0 atom stereocenters. The predicted octanol–water partition coefficient (Wildman–Crippen LogP) is 5.62. The molecule has 0 aliphatic heterocycles. The second-order valence-electron chi connectivity index (χ2n) is 8.02. The van der Waals surface area contributed by atoms with Crippen molar-refractivity contribution in [3.8, 4) is 17.4 Å². The van der Waals surface area contributed by atoms with Crippen molar-refractivity contribution < 1.29 is 19.4 Å². The largest absolute Gasteiger partial charge is 0.494 e. The summed E-state index contributed by atoms with van der Waals surface area (Å²) in [5.41, 5.74) is 4.11. The lowest BCUT2D eigenvalue weighted by Crippen LogP contribution is -2.34. The van der Waals surface area contributed by atoms with Gasteiger partial charge in [-0.3, -0.25) is 4.90 Å². The molecule has 0 unspecified atom stereocenters. The number of urea groups is 1. The van der Waals surface area contributed by atoms with Gasteiger partial charge in [0.25, 0.3) is 0 Å². The molecule has 36 heavy (non-hydrogen) atoms. The first-order valence-electron chi connectivity index (χ1n) is 11.8. The second-order valence-corrected chi connectivity index (χ2v) is 8.02. The van der Waals surface area contributed by atoms with Crippen molar-refractivity contribution in [3.05, 3.63) is 77.9 Å². The first-order chi connectivity index (χ1) is 17.5. The molecule has 1 heterocycles. The quantitative estimate of drug-likeness (QED) is 0.282. The summed E-state index contributed by atoms with van der Waals surface area (Å²) in [5.74, 6) is 1.20. The number of amides is 2. The minimum atomic E-state index is -0.212. The van der Waals surface area contributed by atoms with E-state index in [1.807, 2.05) is 80.6 Å². The monoisotopic (exact) mass is 486 g/mol. The molecule has 0 spiro atoms. The van der Waals surface area contributed by atoms with Crippen LogP contribution in [0.1, 0.15) is 25.0 Å². The summed E-state index contributed by atoms with van der Waals surface area (Å²) in [4.78, 5) is 21.5. The standard InChI is InChI=1S/C28H30N4O4/c1-5-35-23-16-21-22(17-24(23)36-6-2)31-27(33)25(21)26(18-10-8-7-9-11-18)30-19-12-14-20(15-13-19)32(4)28(34)29-3/h7-17,31,33H,5-6H2,1-4H3,(H,29,34). The Morgan fingerprint density at radius 1 is 1.00 bits per heavy atom. The zero-order valence-corrected chi connectivity index (χ0v) is 20.8. The summed E-state index contributed by atoms with van der Waals surface area (Å²) in [5, 5.41) is 14.4. The fourth-order valence-electron chi connectivity index (χ4n) is 3.99. The van der Waals surface area contributed by atoms with Crippen molar-refractivity contribution in [1.29, 1.82) is 0 Å². The van der Waals surface area contributed by atoms with Crippen LogP contribution in [0, 0.1) is 0 Å². The van der Waals surface area contributed by atoms with Crippen LogP contribution in [0.5, 0.6) is 17.4 Å². The third kappa shape index (κ3) is 4.98. The number of aromatic hydroxyl groups is 1. The lowest BCUT2D eigenvalue weighted by Gasteiger charge is -2.16. The highest BCUT2D eigenvalue weighted by Gasteiger charge is 2.21. The van der Waals surface area contributed by atoms with E-state index in [4.69, 9.17) is 14.5 Å². The van der Waals surface area contributed by atoms with Gasteiger partial charge >= 0.3 is 6.03 Å². The molecule has 0 fully saturated rings. The average molecular weight is 487 g/mol. The van der Waals surface area contributed by atoms with Crippen LogP contribution in [0.15, 0.2) is 71.7 Å². The number of carbonyl (C=O) groups excluding carboxylic acids is 1. The average Bonchev–Trinajstić information content (AvgIpc) is 3.22. The first kappa shape index (κ1) is 24.7. The number of anilines is 1. The number of aromatic nitrogens is 1. The number of nitrogens with zero attached hydrogens (tertiary/aromatic N) is 2. The fourth-order valence-corrected chi connectivity index (χ4v) is 3.99. The number of benzene rings is 3. The van der Waals surface area contributed by atoms with Gasteiger partial charge in [-0.15, -0.1) is 0 Å². The molecule has 0 saturated carbocycles. The zero-order valence-electron chi connectivity index (χ0n) is 20.8. The third-order valence-electron chi connectivity index (χ3n) is 5.72. The number of rotatable bonds is 8. The molecule has 0 radical (unpaired) electrons. The number of aliphatic imine (C=N–C) groups is 1. The highest BCUT2D eigenvalue weighted by molar-refractivity contribution is 6.22. The Balaban J connectivity index is 1.87. The van der Waals surface area contributed by atoms with E-state index < -0.39 is 0 Å². The molecule has 4 rings (SSSR count). The van der Waals surface area contributed by atoms with Crippen LogP contribution in [0.2, 0.25) is 0 Å². The zero-order chi connectivity index (χ0) is 25.7. The number of hydrogen-bond acceptors (Lipinski definition) is 5. The SMILES string of the molecule is CCOc1cc2[nH]c(O)c(C(=Nc3ccc(N(C)C(=O)NC)cc3)c3ccccc3)c2cc1OCC. The molecule has 0 aliphatic rings. The molecule has 8 nitrogen and oxygen atoms in total. The van der Waals surface area contributed by atoms with Crippen LogP contribution in [0.3, 0.4) is 0 Å². The molecule has 3 aromatic carbocycles. The van der Waals surface area contributed by atoms with Gasteiger partial charge in [0, 0.05) is 36.8 Å². The first-order valence-corrected chi connectivity index (χ1v) is 11.8. The smallest absolute Gasteiger partial charge is 0.321 e. The van der Waals surface area contributed by atoms with E-state index in [1.54, 1.807) is 14.1 Å². The van der Waals surface area contributed by atoms with Gasteiger partial charge in [-0.05, 0) is 44.2 Å². The van der Waals surface area contributed by atoms with Crippen LogP contribution in [0.25, 0.3) is 10.9 Å². The molecule has 0 saturated heterocycles. The predicted molar refractivity (Wildman–Crippen MR) is 143 cm³/mol. The van der Waals surface area contributed by atoms with Crippen molar-refractivity contribution in [2.24, 2.45) is 4.99 Å². The van der Waals surface area contributed by atoms with Crippen molar-refractivity contribution in [1.82, 2.24) is 10.3 Å². The Morgan fingerprint density at radius 3 is 2.25 bits per heavy atom.